The van der Waals surface area contributed by atoms with Crippen LogP contribution < -0.4 is 5.56 Å². The minimum atomic E-state index is -4.45. The van der Waals surface area contributed by atoms with Crippen LogP contribution in [0.25, 0.3) is 21.7 Å². The van der Waals surface area contributed by atoms with Crippen molar-refractivity contribution in [2.45, 2.75) is 19.6 Å². The van der Waals surface area contributed by atoms with Gasteiger partial charge in [0.15, 0.2) is 11.3 Å². The van der Waals surface area contributed by atoms with Crippen molar-refractivity contribution in [1.29, 1.82) is 0 Å². The highest BCUT2D eigenvalue weighted by molar-refractivity contribution is 7.19. The monoisotopic (exact) mass is 391 g/mol. The van der Waals surface area contributed by atoms with Crippen LogP contribution in [0.1, 0.15) is 16.1 Å². The maximum absolute atomic E-state index is 12.9. The molecule has 0 amide bonds. The molecule has 0 fully saturated rings. The molecule has 0 saturated carbocycles. The summed E-state index contributed by atoms with van der Waals surface area (Å²) in [5.41, 5.74) is -0.249. The van der Waals surface area contributed by atoms with Crippen LogP contribution in [0.15, 0.2) is 51.9 Å². The molecule has 0 aliphatic rings. The quantitative estimate of drug-likeness (QED) is 0.516. The topological polar surface area (TPSA) is 60.9 Å². The smallest absolute Gasteiger partial charge is 0.416 e. The van der Waals surface area contributed by atoms with E-state index in [-0.39, 0.29) is 12.1 Å². The summed E-state index contributed by atoms with van der Waals surface area (Å²) in [6.07, 6.45) is -2.97. The van der Waals surface area contributed by atoms with Crippen LogP contribution in [-0.4, -0.2) is 14.8 Å². The highest BCUT2D eigenvalue weighted by atomic mass is 32.1. The Labute approximate surface area is 154 Å². The Balaban J connectivity index is 1.86. The number of aryl methyl sites for hydroxylation is 1. The summed E-state index contributed by atoms with van der Waals surface area (Å²) in [4.78, 5) is 17.0. The Kier molecular flexibility index (Phi) is 4.11. The highest BCUT2D eigenvalue weighted by Gasteiger charge is 2.30. The Morgan fingerprint density at radius 1 is 1.22 bits per heavy atom. The van der Waals surface area contributed by atoms with E-state index < -0.39 is 17.3 Å². The van der Waals surface area contributed by atoms with Gasteiger partial charge in [-0.3, -0.25) is 4.79 Å². The normalized spacial score (nSPS) is 12.0. The largest absolute Gasteiger partial charge is 0.463 e. The van der Waals surface area contributed by atoms with Crippen LogP contribution in [0.5, 0.6) is 0 Å². The second kappa shape index (κ2) is 6.34. The van der Waals surface area contributed by atoms with Crippen molar-refractivity contribution in [3.8, 4) is 11.5 Å². The Hall–Kier alpha value is -2.94. The van der Waals surface area contributed by atoms with Gasteiger partial charge in [-0.1, -0.05) is 12.1 Å². The van der Waals surface area contributed by atoms with E-state index in [0.717, 1.165) is 16.8 Å². The molecule has 4 rings (SSSR count). The number of aromatic nitrogens is 3. The van der Waals surface area contributed by atoms with Gasteiger partial charge in [0.25, 0.3) is 5.56 Å². The van der Waals surface area contributed by atoms with Crippen molar-refractivity contribution in [3.05, 3.63) is 69.1 Å². The number of hydrogen-bond acceptors (Lipinski definition) is 5. The summed E-state index contributed by atoms with van der Waals surface area (Å²) in [6.45, 7) is 1.66. The van der Waals surface area contributed by atoms with Crippen molar-refractivity contribution in [3.63, 3.8) is 0 Å². The zero-order chi connectivity index (χ0) is 19.2. The van der Waals surface area contributed by atoms with Gasteiger partial charge in [-0.2, -0.15) is 18.3 Å². The van der Waals surface area contributed by atoms with Crippen LogP contribution >= 0.6 is 11.3 Å². The molecule has 0 aliphatic carbocycles. The van der Waals surface area contributed by atoms with Crippen molar-refractivity contribution in [2.75, 3.05) is 0 Å². The Bertz CT molecular complexity index is 1180. The van der Waals surface area contributed by atoms with Crippen LogP contribution in [0, 0.1) is 6.92 Å². The van der Waals surface area contributed by atoms with Crippen LogP contribution in [-0.2, 0) is 12.7 Å². The molecule has 0 radical (unpaired) electrons. The zero-order valence-corrected chi connectivity index (χ0v) is 14.8. The minimum absolute atomic E-state index is 0.108. The van der Waals surface area contributed by atoms with E-state index in [9.17, 15) is 18.0 Å². The Morgan fingerprint density at radius 3 is 2.74 bits per heavy atom. The fraction of sp³-hybridized carbons (Fsp3) is 0.167. The molecular formula is C18H12F3N3O2S. The summed E-state index contributed by atoms with van der Waals surface area (Å²) in [5, 5.41) is 5.03. The minimum Gasteiger partial charge on any atom is -0.463 e. The predicted octanol–water partition coefficient (Wildman–Crippen LogP) is 4.49. The maximum Gasteiger partial charge on any atom is 0.416 e. The number of nitrogens with zero attached hydrogens (tertiary/aromatic N) is 3. The molecule has 0 saturated heterocycles. The van der Waals surface area contributed by atoms with Gasteiger partial charge < -0.3 is 4.42 Å². The van der Waals surface area contributed by atoms with E-state index >= 15 is 0 Å². The van der Waals surface area contributed by atoms with Crippen LogP contribution in [0.2, 0.25) is 0 Å². The fourth-order valence-electron chi connectivity index (χ4n) is 2.77. The predicted molar refractivity (Wildman–Crippen MR) is 94.7 cm³/mol. The zero-order valence-electron chi connectivity index (χ0n) is 13.9. The lowest BCUT2D eigenvalue weighted by Crippen LogP contribution is -2.24. The molecule has 0 atom stereocenters. The molecule has 3 aromatic heterocycles. The van der Waals surface area contributed by atoms with Gasteiger partial charge in [0.1, 0.15) is 5.69 Å². The van der Waals surface area contributed by atoms with Gasteiger partial charge in [-0.05, 0) is 36.8 Å². The fourth-order valence-corrected chi connectivity index (χ4v) is 3.67. The summed E-state index contributed by atoms with van der Waals surface area (Å²) in [7, 11) is 0. The molecule has 5 nitrogen and oxygen atoms in total. The summed E-state index contributed by atoms with van der Waals surface area (Å²) in [6, 6.07) is 8.22. The van der Waals surface area contributed by atoms with Crippen LogP contribution in [0.4, 0.5) is 13.2 Å². The van der Waals surface area contributed by atoms with E-state index in [1.165, 1.54) is 29.7 Å². The first-order valence-electron chi connectivity index (χ1n) is 7.91. The molecule has 0 bridgehead atoms. The number of fused-ring (bicyclic) bond motifs is 1. The SMILES string of the molecule is Cc1nc2c(=O)n(Cc3cccc(C(F)(F)F)c3)nc(-c3ccco3)c2s1. The van der Waals surface area contributed by atoms with Crippen molar-refractivity contribution >= 4 is 21.6 Å². The van der Waals surface area contributed by atoms with Gasteiger partial charge in [-0.15, -0.1) is 11.3 Å². The maximum atomic E-state index is 12.9. The Morgan fingerprint density at radius 2 is 2.04 bits per heavy atom. The number of furan rings is 1. The second-order valence-electron chi connectivity index (χ2n) is 5.90. The van der Waals surface area contributed by atoms with Crippen molar-refractivity contribution < 1.29 is 17.6 Å². The molecule has 3 heterocycles. The van der Waals surface area contributed by atoms with Crippen molar-refractivity contribution in [2.24, 2.45) is 0 Å². The number of halogens is 3. The molecule has 0 unspecified atom stereocenters. The van der Waals surface area contributed by atoms with Gasteiger partial charge >= 0.3 is 6.18 Å². The lowest BCUT2D eigenvalue weighted by atomic mass is 10.1. The van der Waals surface area contributed by atoms with Gasteiger partial charge in [0.05, 0.1) is 28.1 Å². The molecular weight excluding hydrogens is 379 g/mol. The summed E-state index contributed by atoms with van der Waals surface area (Å²) >= 11 is 1.32. The summed E-state index contributed by atoms with van der Waals surface area (Å²) < 4.78 is 45.9. The lowest BCUT2D eigenvalue weighted by Gasteiger charge is -2.10. The molecule has 4 aromatic rings. The van der Waals surface area contributed by atoms with E-state index in [2.05, 4.69) is 10.1 Å². The van der Waals surface area contributed by atoms with Gasteiger partial charge in [0.2, 0.25) is 0 Å². The molecule has 0 spiro atoms. The first-order chi connectivity index (χ1) is 12.8. The van der Waals surface area contributed by atoms with Gasteiger partial charge in [0, 0.05) is 0 Å². The van der Waals surface area contributed by atoms with E-state index in [4.69, 9.17) is 4.42 Å². The van der Waals surface area contributed by atoms with E-state index in [0.29, 0.717) is 26.7 Å². The average Bonchev–Trinajstić information content (AvgIpc) is 3.26. The third-order valence-corrected chi connectivity index (χ3v) is 4.93. The summed E-state index contributed by atoms with van der Waals surface area (Å²) in [5.74, 6) is 0.460. The molecule has 0 aliphatic heterocycles. The standard InChI is InChI=1S/C18H12F3N3O2S/c1-10-22-15-16(27-10)14(13-6-3-7-26-13)23-24(17(15)25)9-11-4-2-5-12(8-11)18(19,20)21/h2-8H,9H2,1H3. The van der Waals surface area contributed by atoms with Crippen molar-refractivity contribution in [1.82, 2.24) is 14.8 Å². The number of rotatable bonds is 3. The number of thiazole rings is 1. The van der Waals surface area contributed by atoms with Crippen LogP contribution in [0.3, 0.4) is 0 Å². The molecule has 138 valence electrons. The first-order valence-corrected chi connectivity index (χ1v) is 8.73. The average molecular weight is 391 g/mol. The first kappa shape index (κ1) is 17.5. The second-order valence-corrected chi connectivity index (χ2v) is 7.10. The van der Waals surface area contributed by atoms with E-state index in [1.807, 2.05) is 0 Å². The number of benzene rings is 1. The highest BCUT2D eigenvalue weighted by Crippen LogP contribution is 2.31. The number of alkyl halides is 3. The molecule has 1 aromatic carbocycles. The van der Waals surface area contributed by atoms with Gasteiger partial charge in [-0.25, -0.2) is 9.67 Å². The third-order valence-electron chi connectivity index (χ3n) is 3.95. The molecule has 27 heavy (non-hydrogen) atoms. The molecule has 9 heteroatoms. The third kappa shape index (κ3) is 3.25. The number of hydrogen-bond donors (Lipinski definition) is 0. The van der Waals surface area contributed by atoms with E-state index in [1.54, 1.807) is 19.1 Å². The molecule has 0 N–H and O–H groups in total. The lowest BCUT2D eigenvalue weighted by molar-refractivity contribution is -0.137.